The molecule has 206 valence electrons. The van der Waals surface area contributed by atoms with E-state index in [0.29, 0.717) is 38.4 Å². The van der Waals surface area contributed by atoms with Crippen LogP contribution in [-0.4, -0.2) is 23.5 Å². The topological polar surface area (TPSA) is 86.7 Å². The SMILES string of the molecule is CCc1ccc2c(c1)=C(OC(=O)c1cccc(C)c1)C(=O)C1=c3ccccc3=C(OC(=O)c3cccc(C)c3)C(=O)C=21. The third-order valence-corrected chi connectivity index (χ3v) is 7.46. The van der Waals surface area contributed by atoms with E-state index in [1.807, 2.05) is 39.0 Å². The van der Waals surface area contributed by atoms with Gasteiger partial charge >= 0.3 is 11.9 Å². The number of rotatable bonds is 5. The van der Waals surface area contributed by atoms with Crippen molar-refractivity contribution in [1.29, 1.82) is 0 Å². The quantitative estimate of drug-likeness (QED) is 0.353. The largest absolute Gasteiger partial charge is 0.418 e. The molecule has 6 heteroatoms. The number of carbonyl (C=O) groups excluding carboxylic acids is 4. The van der Waals surface area contributed by atoms with Gasteiger partial charge in [-0.3, -0.25) is 9.59 Å². The maximum Gasteiger partial charge on any atom is 0.343 e. The predicted molar refractivity (Wildman–Crippen MR) is 158 cm³/mol. The highest BCUT2D eigenvalue weighted by atomic mass is 16.5. The number of hydrogen-bond acceptors (Lipinski definition) is 6. The molecule has 42 heavy (non-hydrogen) atoms. The molecule has 0 aromatic heterocycles. The van der Waals surface area contributed by atoms with Gasteiger partial charge in [-0.1, -0.05) is 78.7 Å². The molecule has 0 N–H and O–H groups in total. The summed E-state index contributed by atoms with van der Waals surface area (Å²) in [6, 6.07) is 26.0. The Morgan fingerprint density at radius 3 is 1.60 bits per heavy atom. The van der Waals surface area contributed by atoms with Crippen molar-refractivity contribution < 1.29 is 28.7 Å². The van der Waals surface area contributed by atoms with Crippen LogP contribution in [0.25, 0.3) is 22.7 Å². The summed E-state index contributed by atoms with van der Waals surface area (Å²) in [5, 5.41) is 1.50. The van der Waals surface area contributed by atoms with Gasteiger partial charge in [-0.05, 0) is 66.6 Å². The second-order valence-electron chi connectivity index (χ2n) is 10.4. The van der Waals surface area contributed by atoms with E-state index in [2.05, 4.69) is 0 Å². The fraction of sp³-hybridized carbons (Fsp3) is 0.111. The number of ether oxygens (including phenoxy) is 2. The molecule has 0 unspecified atom stereocenters. The van der Waals surface area contributed by atoms with Gasteiger partial charge in [-0.15, -0.1) is 0 Å². The highest BCUT2D eigenvalue weighted by Crippen LogP contribution is 2.27. The molecule has 0 aliphatic heterocycles. The van der Waals surface area contributed by atoms with Gasteiger partial charge in [0.2, 0.25) is 11.6 Å². The molecular formula is C36H26O6. The van der Waals surface area contributed by atoms with Crippen LogP contribution in [0.2, 0.25) is 0 Å². The zero-order valence-corrected chi connectivity index (χ0v) is 23.3. The fourth-order valence-electron chi connectivity index (χ4n) is 5.38. The van der Waals surface area contributed by atoms with Gasteiger partial charge in [-0.25, -0.2) is 9.59 Å². The maximum atomic E-state index is 14.2. The Labute approximate surface area is 241 Å². The first kappa shape index (κ1) is 26.8. The van der Waals surface area contributed by atoms with E-state index < -0.39 is 23.5 Å². The normalized spacial score (nSPS) is 13.8. The molecule has 2 aliphatic carbocycles. The smallest absolute Gasteiger partial charge is 0.343 e. The van der Waals surface area contributed by atoms with Crippen molar-refractivity contribution in [1.82, 2.24) is 0 Å². The fourth-order valence-corrected chi connectivity index (χ4v) is 5.38. The van der Waals surface area contributed by atoms with Crippen LogP contribution < -0.4 is 20.9 Å². The molecule has 0 amide bonds. The van der Waals surface area contributed by atoms with Crippen molar-refractivity contribution in [3.63, 3.8) is 0 Å². The van der Waals surface area contributed by atoms with Gasteiger partial charge in [0.25, 0.3) is 0 Å². The molecule has 0 atom stereocenters. The lowest BCUT2D eigenvalue weighted by atomic mass is 9.83. The number of benzene rings is 4. The van der Waals surface area contributed by atoms with Crippen molar-refractivity contribution in [2.75, 3.05) is 0 Å². The lowest BCUT2D eigenvalue weighted by Crippen LogP contribution is -2.48. The first-order valence-corrected chi connectivity index (χ1v) is 13.7. The minimum absolute atomic E-state index is 0.106. The molecule has 2 aliphatic rings. The summed E-state index contributed by atoms with van der Waals surface area (Å²) in [5.41, 5.74) is 3.47. The highest BCUT2D eigenvalue weighted by Gasteiger charge is 2.37. The maximum absolute atomic E-state index is 14.2. The minimum atomic E-state index is -0.677. The molecule has 6 nitrogen and oxygen atoms in total. The Hall–Kier alpha value is -5.36. The average molecular weight is 555 g/mol. The summed E-state index contributed by atoms with van der Waals surface area (Å²) in [6.45, 7) is 5.69. The van der Waals surface area contributed by atoms with E-state index in [0.717, 1.165) is 16.7 Å². The van der Waals surface area contributed by atoms with Crippen LogP contribution in [0.3, 0.4) is 0 Å². The van der Waals surface area contributed by atoms with E-state index >= 15 is 0 Å². The Morgan fingerprint density at radius 2 is 1.07 bits per heavy atom. The molecule has 0 radical (unpaired) electrons. The van der Waals surface area contributed by atoms with Gasteiger partial charge in [0.1, 0.15) is 0 Å². The predicted octanol–water partition coefficient (Wildman–Crippen LogP) is 2.96. The van der Waals surface area contributed by atoms with Crippen molar-refractivity contribution in [3.8, 4) is 0 Å². The molecule has 4 aromatic rings. The van der Waals surface area contributed by atoms with Crippen molar-refractivity contribution in [2.45, 2.75) is 27.2 Å². The highest BCUT2D eigenvalue weighted by molar-refractivity contribution is 6.58. The third-order valence-electron chi connectivity index (χ3n) is 7.46. The second kappa shape index (κ2) is 10.6. The van der Waals surface area contributed by atoms with Crippen LogP contribution in [0, 0.1) is 13.8 Å². The number of hydrogen-bond donors (Lipinski definition) is 0. The number of esters is 2. The molecule has 0 bridgehead atoms. The summed E-state index contributed by atoms with van der Waals surface area (Å²) in [5.74, 6) is -2.83. The number of carbonyl (C=O) groups is 4. The molecule has 4 aromatic carbocycles. The van der Waals surface area contributed by atoms with E-state index in [-0.39, 0.29) is 22.7 Å². The Balaban J connectivity index is 1.59. The van der Waals surface area contributed by atoms with Crippen molar-refractivity contribution in [3.05, 3.63) is 140 Å². The zero-order chi connectivity index (χ0) is 29.5. The summed E-state index contributed by atoms with van der Waals surface area (Å²) >= 11 is 0. The van der Waals surface area contributed by atoms with Gasteiger partial charge < -0.3 is 9.47 Å². The van der Waals surface area contributed by atoms with Gasteiger partial charge in [-0.2, -0.15) is 0 Å². The monoisotopic (exact) mass is 554 g/mol. The van der Waals surface area contributed by atoms with Gasteiger partial charge in [0, 0.05) is 21.6 Å². The third kappa shape index (κ3) is 4.57. The first-order chi connectivity index (χ1) is 20.3. The second-order valence-corrected chi connectivity index (χ2v) is 10.4. The van der Waals surface area contributed by atoms with Crippen LogP contribution in [-0.2, 0) is 25.5 Å². The first-order valence-electron chi connectivity index (χ1n) is 13.7. The molecular weight excluding hydrogens is 528 g/mol. The molecule has 0 saturated heterocycles. The van der Waals surface area contributed by atoms with E-state index in [4.69, 9.17) is 9.47 Å². The van der Waals surface area contributed by atoms with Crippen LogP contribution >= 0.6 is 0 Å². The lowest BCUT2D eigenvalue weighted by molar-refractivity contribution is -0.112. The van der Waals surface area contributed by atoms with Crippen LogP contribution in [0.5, 0.6) is 0 Å². The summed E-state index contributed by atoms with van der Waals surface area (Å²) < 4.78 is 11.6. The minimum Gasteiger partial charge on any atom is -0.418 e. The Kier molecular flexibility index (Phi) is 6.75. The van der Waals surface area contributed by atoms with Crippen LogP contribution in [0.4, 0.5) is 0 Å². The van der Waals surface area contributed by atoms with Crippen LogP contribution in [0.1, 0.15) is 44.3 Å². The number of ketones is 2. The summed E-state index contributed by atoms with van der Waals surface area (Å²) in [7, 11) is 0. The van der Waals surface area contributed by atoms with Crippen molar-refractivity contribution in [2.24, 2.45) is 0 Å². The average Bonchev–Trinajstić information content (AvgIpc) is 3.00. The van der Waals surface area contributed by atoms with Crippen molar-refractivity contribution >= 4 is 46.2 Å². The number of aryl methyl sites for hydroxylation is 3. The summed E-state index contributed by atoms with van der Waals surface area (Å²) in [4.78, 5) is 54.8. The van der Waals surface area contributed by atoms with E-state index in [1.165, 1.54) is 0 Å². The molecule has 6 rings (SSSR count). The molecule has 0 spiro atoms. The van der Waals surface area contributed by atoms with E-state index in [1.54, 1.807) is 72.8 Å². The lowest BCUT2D eigenvalue weighted by Gasteiger charge is -2.22. The Morgan fingerprint density at radius 1 is 0.571 bits per heavy atom. The van der Waals surface area contributed by atoms with Gasteiger partial charge in [0.05, 0.1) is 11.1 Å². The molecule has 0 heterocycles. The zero-order valence-electron chi connectivity index (χ0n) is 23.3. The standard InChI is InChI=1S/C36H26O6/c1-4-22-15-16-26-28(19-22)34(42-36(40)24-12-8-10-21(3)18-24)32(38)29-25-13-5-6-14-27(25)33(31(37)30(26)29)41-35(39)23-11-7-9-20(2)17-23/h5-19H,4H2,1-3H3. The Bertz CT molecular complexity index is 2120. The van der Waals surface area contributed by atoms with E-state index in [9.17, 15) is 19.2 Å². The van der Waals surface area contributed by atoms with Gasteiger partial charge in [0.15, 0.2) is 11.5 Å². The number of Topliss-reactive ketones (excluding diaryl/α,β-unsaturated/α-hetero) is 2. The summed E-state index contributed by atoms with van der Waals surface area (Å²) in [6.07, 6.45) is 0.661. The molecule has 0 saturated carbocycles. The number of fused-ring (bicyclic) bond motifs is 3. The molecule has 0 fully saturated rings. The van der Waals surface area contributed by atoms with Crippen LogP contribution in [0.15, 0.2) is 91.0 Å².